The average Bonchev–Trinajstić information content (AvgIpc) is 2.44. The Morgan fingerprint density at radius 3 is 1.86 bits per heavy atom. The highest BCUT2D eigenvalue weighted by atomic mass is 16.7. The third-order valence-corrected chi connectivity index (χ3v) is 3.90. The summed E-state index contributed by atoms with van der Waals surface area (Å²) >= 11 is 0. The maximum atomic E-state index is 9.96. The highest BCUT2D eigenvalue weighted by Gasteiger charge is 2.48. The van der Waals surface area contributed by atoms with Crippen molar-refractivity contribution in [3.63, 3.8) is 0 Å². The minimum absolute atomic E-state index is 0.804. The van der Waals surface area contributed by atoms with Gasteiger partial charge >= 0.3 is 0 Å². The summed E-state index contributed by atoms with van der Waals surface area (Å²) in [6.45, 7) is 2.96. The predicted octanol–water partition coefficient (Wildman–Crippen LogP) is -3.34. The molecule has 0 aliphatic carbocycles. The largest absolute Gasteiger partial charge is 0.388 e. The van der Waals surface area contributed by atoms with Crippen molar-refractivity contribution >= 4 is 0 Å². The van der Waals surface area contributed by atoms with Gasteiger partial charge in [-0.05, 0) is 13.8 Å². The van der Waals surface area contributed by atoms with E-state index < -0.39 is 61.4 Å². The van der Waals surface area contributed by atoms with Crippen LogP contribution in [0.15, 0.2) is 0 Å². The fourth-order valence-electron chi connectivity index (χ4n) is 2.45. The summed E-state index contributed by atoms with van der Waals surface area (Å²) in [5.74, 6) is 0. The van der Waals surface area contributed by atoms with Gasteiger partial charge in [0.1, 0.15) is 36.6 Å². The maximum Gasteiger partial charge on any atom is 0.187 e. The lowest BCUT2D eigenvalue weighted by Gasteiger charge is -2.44. The first-order valence-electron chi connectivity index (χ1n) is 6.78. The molecule has 0 spiro atoms. The van der Waals surface area contributed by atoms with E-state index in [9.17, 15) is 30.6 Å². The van der Waals surface area contributed by atoms with E-state index in [1.54, 1.807) is 0 Å². The molecule has 9 heteroatoms. The molecule has 10 atom stereocenters. The van der Waals surface area contributed by atoms with Gasteiger partial charge in [-0.1, -0.05) is 0 Å². The summed E-state index contributed by atoms with van der Waals surface area (Å²) in [6, 6.07) is 0. The zero-order valence-electron chi connectivity index (χ0n) is 11.7. The van der Waals surface area contributed by atoms with Crippen LogP contribution in [0.4, 0.5) is 0 Å². The minimum atomic E-state index is -1.56. The molecule has 2 fully saturated rings. The Morgan fingerprint density at radius 2 is 1.24 bits per heavy atom. The second-order valence-corrected chi connectivity index (χ2v) is 5.50. The zero-order chi connectivity index (χ0) is 15.9. The van der Waals surface area contributed by atoms with Gasteiger partial charge in [0.25, 0.3) is 0 Å². The van der Waals surface area contributed by atoms with Crippen LogP contribution in [0.3, 0.4) is 0 Å². The Balaban J connectivity index is 2.08. The van der Waals surface area contributed by atoms with Crippen LogP contribution in [0, 0.1) is 0 Å². The van der Waals surface area contributed by atoms with E-state index in [-0.39, 0.29) is 0 Å². The van der Waals surface area contributed by atoms with Crippen molar-refractivity contribution in [2.24, 2.45) is 0 Å². The van der Waals surface area contributed by atoms with Crippen molar-refractivity contribution in [1.29, 1.82) is 0 Å². The van der Waals surface area contributed by atoms with Crippen LogP contribution in [-0.4, -0.2) is 92.1 Å². The van der Waals surface area contributed by atoms with Crippen molar-refractivity contribution in [3.8, 4) is 0 Å². The molecule has 0 saturated carbocycles. The van der Waals surface area contributed by atoms with E-state index in [1.165, 1.54) is 13.8 Å². The Labute approximate surface area is 121 Å². The van der Waals surface area contributed by atoms with Crippen molar-refractivity contribution in [2.75, 3.05) is 0 Å². The van der Waals surface area contributed by atoms with Crippen LogP contribution < -0.4 is 0 Å². The molecule has 2 aliphatic heterocycles. The van der Waals surface area contributed by atoms with Gasteiger partial charge in [0.2, 0.25) is 0 Å². The SMILES string of the molecule is C[C@@H]1O[C@@H](O[C@@H]2[C@H](O)[C@H](C)O[C@@H](O)[C@H]2O)[C@H](O)[C@H](O)[C@H]1O. The van der Waals surface area contributed by atoms with E-state index in [2.05, 4.69) is 0 Å². The molecule has 2 saturated heterocycles. The predicted molar refractivity (Wildman–Crippen MR) is 65.8 cm³/mol. The number of hydrogen-bond acceptors (Lipinski definition) is 9. The third kappa shape index (κ3) is 3.21. The summed E-state index contributed by atoms with van der Waals surface area (Å²) in [7, 11) is 0. The summed E-state index contributed by atoms with van der Waals surface area (Å²) in [5, 5.41) is 58.4. The van der Waals surface area contributed by atoms with E-state index in [0.717, 1.165) is 0 Å². The summed E-state index contributed by atoms with van der Waals surface area (Å²) in [6.07, 6.45) is -13.0. The number of hydrogen-bond donors (Lipinski definition) is 6. The Bertz CT molecular complexity index is 340. The quantitative estimate of drug-likeness (QED) is 0.308. The van der Waals surface area contributed by atoms with Crippen molar-refractivity contribution in [3.05, 3.63) is 0 Å². The van der Waals surface area contributed by atoms with Crippen LogP contribution in [-0.2, 0) is 14.2 Å². The van der Waals surface area contributed by atoms with Crippen LogP contribution in [0.2, 0.25) is 0 Å². The Hall–Kier alpha value is -0.360. The third-order valence-electron chi connectivity index (χ3n) is 3.90. The zero-order valence-corrected chi connectivity index (χ0v) is 11.7. The van der Waals surface area contributed by atoms with Gasteiger partial charge in [0.05, 0.1) is 12.2 Å². The topological polar surface area (TPSA) is 149 Å². The van der Waals surface area contributed by atoms with Crippen LogP contribution in [0.25, 0.3) is 0 Å². The number of aliphatic hydroxyl groups excluding tert-OH is 6. The highest BCUT2D eigenvalue weighted by molar-refractivity contribution is 4.92. The molecule has 0 bridgehead atoms. The van der Waals surface area contributed by atoms with Gasteiger partial charge in [-0.2, -0.15) is 0 Å². The van der Waals surface area contributed by atoms with E-state index in [1.807, 2.05) is 0 Å². The molecule has 0 radical (unpaired) electrons. The van der Waals surface area contributed by atoms with Gasteiger partial charge in [-0.25, -0.2) is 0 Å². The van der Waals surface area contributed by atoms with Gasteiger partial charge in [0.15, 0.2) is 12.6 Å². The molecule has 124 valence electrons. The van der Waals surface area contributed by atoms with Crippen LogP contribution in [0.1, 0.15) is 13.8 Å². The van der Waals surface area contributed by atoms with Gasteiger partial charge in [0, 0.05) is 0 Å². The molecule has 0 aromatic rings. The fourth-order valence-corrected chi connectivity index (χ4v) is 2.45. The summed E-state index contributed by atoms with van der Waals surface area (Å²) in [4.78, 5) is 0. The van der Waals surface area contributed by atoms with Gasteiger partial charge in [-0.15, -0.1) is 0 Å². The van der Waals surface area contributed by atoms with Crippen LogP contribution in [0.5, 0.6) is 0 Å². The first-order chi connectivity index (χ1) is 9.73. The lowest BCUT2D eigenvalue weighted by Crippen LogP contribution is -2.63. The second-order valence-electron chi connectivity index (χ2n) is 5.50. The average molecular weight is 310 g/mol. The van der Waals surface area contributed by atoms with Crippen molar-refractivity contribution in [1.82, 2.24) is 0 Å². The molecular weight excluding hydrogens is 288 g/mol. The summed E-state index contributed by atoms with van der Waals surface area (Å²) in [5.41, 5.74) is 0. The molecule has 0 amide bonds. The number of aliphatic hydroxyl groups is 6. The molecule has 2 aliphatic rings. The standard InChI is InChI=1S/C12H22O9/c1-3-5(13)7(15)8(16)12(20-3)21-10-6(14)4(2)19-11(18)9(10)17/h3-18H,1-2H3/t3-,4-,5-,6+,7+,8+,9-,10+,11+,12-/m0/s1. The van der Waals surface area contributed by atoms with E-state index >= 15 is 0 Å². The van der Waals surface area contributed by atoms with E-state index in [4.69, 9.17) is 14.2 Å². The minimum Gasteiger partial charge on any atom is -0.388 e. The molecule has 0 aromatic carbocycles. The Kier molecular flexibility index (Phi) is 5.19. The van der Waals surface area contributed by atoms with Crippen molar-refractivity contribution < 1.29 is 44.8 Å². The molecule has 0 aromatic heterocycles. The second kappa shape index (κ2) is 6.41. The lowest BCUT2D eigenvalue weighted by atomic mass is 9.97. The number of ether oxygens (including phenoxy) is 3. The van der Waals surface area contributed by atoms with Gasteiger partial charge < -0.3 is 44.8 Å². The van der Waals surface area contributed by atoms with Crippen molar-refractivity contribution in [2.45, 2.75) is 75.3 Å². The summed E-state index contributed by atoms with van der Waals surface area (Å²) < 4.78 is 15.4. The molecule has 2 heterocycles. The number of rotatable bonds is 2. The molecule has 0 unspecified atom stereocenters. The highest BCUT2D eigenvalue weighted by Crippen LogP contribution is 2.28. The molecule has 9 nitrogen and oxygen atoms in total. The monoisotopic (exact) mass is 310 g/mol. The Morgan fingerprint density at radius 1 is 0.667 bits per heavy atom. The lowest BCUT2D eigenvalue weighted by molar-refractivity contribution is -0.349. The first kappa shape index (κ1) is 17.0. The fraction of sp³-hybridized carbons (Fsp3) is 1.00. The molecule has 21 heavy (non-hydrogen) atoms. The maximum absolute atomic E-state index is 9.96. The van der Waals surface area contributed by atoms with E-state index in [0.29, 0.717) is 0 Å². The first-order valence-corrected chi connectivity index (χ1v) is 6.78. The van der Waals surface area contributed by atoms with Crippen LogP contribution >= 0.6 is 0 Å². The smallest absolute Gasteiger partial charge is 0.187 e. The molecule has 6 N–H and O–H groups in total. The van der Waals surface area contributed by atoms with Gasteiger partial charge in [-0.3, -0.25) is 0 Å². The molecule has 2 rings (SSSR count). The normalized spacial score (nSPS) is 55.4. The molecular formula is C12H22O9.